The number of anilines is 2. The second-order valence-electron chi connectivity index (χ2n) is 9.79. The molecule has 212 valence electrons. The van der Waals surface area contributed by atoms with Gasteiger partial charge in [0, 0.05) is 42.5 Å². The predicted molar refractivity (Wildman–Crippen MR) is 144 cm³/mol. The summed E-state index contributed by atoms with van der Waals surface area (Å²) in [4.78, 5) is 14.6. The number of carbonyl (C=O) groups excluding carboxylic acids is 1. The van der Waals surface area contributed by atoms with Gasteiger partial charge in [-0.15, -0.1) is 0 Å². The van der Waals surface area contributed by atoms with Gasteiger partial charge in [-0.05, 0) is 68.8 Å². The van der Waals surface area contributed by atoms with Gasteiger partial charge in [0.2, 0.25) is 0 Å². The molecule has 1 fully saturated rings. The highest BCUT2D eigenvalue weighted by Crippen LogP contribution is 2.41. The molecular weight excluding hydrogens is 525 g/mol. The summed E-state index contributed by atoms with van der Waals surface area (Å²) in [5.41, 5.74) is -0.197. The number of hydrogen-bond acceptors (Lipinski definition) is 6. The molecular formula is C29H31F3N4O4. The van der Waals surface area contributed by atoms with Crippen LogP contribution in [0.3, 0.4) is 0 Å². The van der Waals surface area contributed by atoms with E-state index in [1.807, 2.05) is 24.3 Å². The predicted octanol–water partition coefficient (Wildman–Crippen LogP) is 5.66. The van der Waals surface area contributed by atoms with Crippen LogP contribution in [0.15, 0.2) is 59.1 Å². The summed E-state index contributed by atoms with van der Waals surface area (Å²) < 4.78 is 55.5. The van der Waals surface area contributed by atoms with Gasteiger partial charge in [0.05, 0.1) is 19.8 Å². The third kappa shape index (κ3) is 8.00. The Morgan fingerprint density at radius 2 is 1.62 bits per heavy atom. The number of morpholine rings is 1. The van der Waals surface area contributed by atoms with Crippen molar-refractivity contribution >= 4 is 17.5 Å². The summed E-state index contributed by atoms with van der Waals surface area (Å²) in [6.07, 6.45) is -3.58. The monoisotopic (exact) mass is 556 g/mol. The number of halogens is 3. The van der Waals surface area contributed by atoms with E-state index in [1.54, 1.807) is 24.3 Å². The van der Waals surface area contributed by atoms with Crippen LogP contribution in [0.25, 0.3) is 0 Å². The number of nitrogens with zero attached hydrogens (tertiary/aromatic N) is 2. The highest BCUT2D eigenvalue weighted by Gasteiger charge is 2.51. The molecule has 0 atom stereocenters. The number of carbonyl (C=O) groups is 1. The highest BCUT2D eigenvalue weighted by molar-refractivity contribution is 5.99. The average molecular weight is 557 g/mol. The van der Waals surface area contributed by atoms with Crippen molar-refractivity contribution in [3.05, 3.63) is 71.5 Å². The first kappa shape index (κ1) is 29.0. The quantitative estimate of drug-likeness (QED) is 0.275. The molecule has 3 aromatic rings. The van der Waals surface area contributed by atoms with Crippen molar-refractivity contribution in [1.29, 1.82) is 0 Å². The highest BCUT2D eigenvalue weighted by atomic mass is 19.4. The minimum Gasteiger partial charge on any atom is -0.494 e. The molecule has 1 aliphatic rings. The standard InChI is InChI=1S/C29H31F3N4O4/c1-28(2,29(30,31)32)25-20-26(35-40-25)34-27(37)33-23-10-6-21(7-11-23)4-5-22-8-12-24(13-9-22)39-17-3-14-36-15-18-38-19-16-36/h6-13,20H,3,14-19H2,1-2H3,(H2,33,34,35,37). The molecule has 0 saturated carbocycles. The molecule has 1 saturated heterocycles. The SMILES string of the molecule is CC(C)(c1cc(NC(=O)Nc2ccc(C#Cc3ccc(OCCCN4CCOCC4)cc3)cc2)no1)C(F)(F)F. The van der Waals surface area contributed by atoms with E-state index in [0.717, 1.165) is 76.1 Å². The van der Waals surface area contributed by atoms with E-state index in [-0.39, 0.29) is 5.82 Å². The number of aromatic nitrogens is 1. The van der Waals surface area contributed by atoms with Gasteiger partial charge in [0.15, 0.2) is 11.6 Å². The van der Waals surface area contributed by atoms with Gasteiger partial charge in [0.1, 0.15) is 11.2 Å². The fraction of sp³-hybridized carbons (Fsp3) is 0.379. The van der Waals surface area contributed by atoms with Crippen molar-refractivity contribution in [2.75, 3.05) is 50.1 Å². The number of alkyl halides is 3. The minimum absolute atomic E-state index is 0.128. The summed E-state index contributed by atoms with van der Waals surface area (Å²) in [5, 5.41) is 8.46. The maximum Gasteiger partial charge on any atom is 0.401 e. The van der Waals surface area contributed by atoms with Gasteiger partial charge in [-0.2, -0.15) is 13.2 Å². The van der Waals surface area contributed by atoms with E-state index in [4.69, 9.17) is 14.0 Å². The van der Waals surface area contributed by atoms with Gasteiger partial charge >= 0.3 is 12.2 Å². The molecule has 0 bridgehead atoms. The Morgan fingerprint density at radius 3 is 2.25 bits per heavy atom. The number of ether oxygens (including phenoxy) is 2. The lowest BCUT2D eigenvalue weighted by Gasteiger charge is -2.26. The van der Waals surface area contributed by atoms with Crippen LogP contribution in [-0.4, -0.2) is 61.7 Å². The number of urea groups is 1. The van der Waals surface area contributed by atoms with Crippen molar-refractivity contribution < 1.29 is 32.0 Å². The van der Waals surface area contributed by atoms with Gasteiger partial charge in [-0.25, -0.2) is 4.79 Å². The molecule has 2 amide bonds. The largest absolute Gasteiger partial charge is 0.494 e. The fourth-order valence-electron chi connectivity index (χ4n) is 3.77. The van der Waals surface area contributed by atoms with E-state index >= 15 is 0 Å². The number of amides is 2. The van der Waals surface area contributed by atoms with E-state index in [2.05, 4.69) is 32.5 Å². The second kappa shape index (κ2) is 12.9. The maximum absolute atomic E-state index is 13.2. The van der Waals surface area contributed by atoms with Crippen LogP contribution >= 0.6 is 0 Å². The van der Waals surface area contributed by atoms with Crippen molar-refractivity contribution in [3.63, 3.8) is 0 Å². The van der Waals surface area contributed by atoms with Crippen LogP contribution in [0.4, 0.5) is 29.5 Å². The molecule has 0 unspecified atom stereocenters. The number of benzene rings is 2. The fourth-order valence-corrected chi connectivity index (χ4v) is 3.77. The molecule has 40 heavy (non-hydrogen) atoms. The Kier molecular flexibility index (Phi) is 9.34. The molecule has 4 rings (SSSR count). The van der Waals surface area contributed by atoms with E-state index in [1.165, 1.54) is 0 Å². The summed E-state index contributed by atoms with van der Waals surface area (Å²) in [5.74, 6) is 6.43. The van der Waals surface area contributed by atoms with Gasteiger partial charge < -0.3 is 19.3 Å². The van der Waals surface area contributed by atoms with Crippen LogP contribution in [0.2, 0.25) is 0 Å². The van der Waals surface area contributed by atoms with Crippen molar-refractivity contribution in [1.82, 2.24) is 10.1 Å². The molecule has 1 aliphatic heterocycles. The third-order valence-corrected chi connectivity index (χ3v) is 6.42. The molecule has 2 N–H and O–H groups in total. The van der Waals surface area contributed by atoms with Gasteiger partial charge in [-0.3, -0.25) is 10.2 Å². The zero-order chi connectivity index (χ0) is 28.6. The summed E-state index contributed by atoms with van der Waals surface area (Å²) in [6, 6.07) is 14.8. The minimum atomic E-state index is -4.53. The Labute approximate surface area is 230 Å². The number of hydrogen-bond donors (Lipinski definition) is 2. The number of nitrogens with one attached hydrogen (secondary N) is 2. The first-order chi connectivity index (χ1) is 19.1. The lowest BCUT2D eigenvalue weighted by Crippen LogP contribution is -2.37. The Balaban J connectivity index is 1.22. The first-order valence-electron chi connectivity index (χ1n) is 12.9. The summed E-state index contributed by atoms with van der Waals surface area (Å²) in [6.45, 7) is 7.14. The van der Waals surface area contributed by atoms with Crippen LogP contribution in [0, 0.1) is 11.8 Å². The molecule has 0 aliphatic carbocycles. The summed E-state index contributed by atoms with van der Waals surface area (Å²) in [7, 11) is 0. The first-order valence-corrected chi connectivity index (χ1v) is 12.9. The van der Waals surface area contributed by atoms with Crippen molar-refractivity contribution in [3.8, 4) is 17.6 Å². The molecule has 2 aromatic carbocycles. The van der Waals surface area contributed by atoms with Crippen LogP contribution < -0.4 is 15.4 Å². The third-order valence-electron chi connectivity index (χ3n) is 6.42. The van der Waals surface area contributed by atoms with Crippen molar-refractivity contribution in [2.45, 2.75) is 31.9 Å². The molecule has 2 heterocycles. The van der Waals surface area contributed by atoms with E-state index in [0.29, 0.717) is 12.3 Å². The normalized spacial score (nSPS) is 14.2. The number of rotatable bonds is 8. The molecule has 0 spiro atoms. The van der Waals surface area contributed by atoms with Crippen molar-refractivity contribution in [2.24, 2.45) is 0 Å². The van der Waals surface area contributed by atoms with Crippen LogP contribution in [0.1, 0.15) is 37.2 Å². The average Bonchev–Trinajstić information content (AvgIpc) is 3.40. The lowest BCUT2D eigenvalue weighted by molar-refractivity contribution is -0.185. The van der Waals surface area contributed by atoms with Crippen LogP contribution in [0.5, 0.6) is 5.75 Å². The maximum atomic E-state index is 13.2. The van der Waals surface area contributed by atoms with Gasteiger partial charge in [0.25, 0.3) is 0 Å². The zero-order valence-electron chi connectivity index (χ0n) is 22.3. The smallest absolute Gasteiger partial charge is 0.401 e. The topological polar surface area (TPSA) is 88.9 Å². The second-order valence-corrected chi connectivity index (χ2v) is 9.79. The Bertz CT molecular complexity index is 1320. The molecule has 1 aromatic heterocycles. The van der Waals surface area contributed by atoms with Crippen LogP contribution in [-0.2, 0) is 10.2 Å². The van der Waals surface area contributed by atoms with Gasteiger partial charge in [-0.1, -0.05) is 17.0 Å². The molecule has 11 heteroatoms. The molecule has 0 radical (unpaired) electrons. The Hall–Kier alpha value is -4.01. The van der Waals surface area contributed by atoms with E-state index in [9.17, 15) is 18.0 Å². The van der Waals surface area contributed by atoms with E-state index < -0.39 is 23.4 Å². The molecule has 8 nitrogen and oxygen atoms in total. The summed E-state index contributed by atoms with van der Waals surface area (Å²) >= 11 is 0. The Morgan fingerprint density at radius 1 is 1.00 bits per heavy atom. The zero-order valence-corrected chi connectivity index (χ0v) is 22.3. The lowest BCUT2D eigenvalue weighted by atomic mass is 9.89.